The Bertz CT molecular complexity index is 324. The van der Waals surface area contributed by atoms with Crippen molar-refractivity contribution in [1.82, 2.24) is 5.32 Å². The molecule has 1 aliphatic heterocycles. The molecule has 1 aromatic heterocycles. The predicted molar refractivity (Wildman–Crippen MR) is 68.6 cm³/mol. The highest BCUT2D eigenvalue weighted by molar-refractivity contribution is 7.14. The highest BCUT2D eigenvalue weighted by Crippen LogP contribution is 2.21. The van der Waals surface area contributed by atoms with E-state index in [1.165, 1.54) is 31.2 Å². The van der Waals surface area contributed by atoms with Gasteiger partial charge in [0.2, 0.25) is 0 Å². The Morgan fingerprint density at radius 3 is 3.13 bits per heavy atom. The predicted octanol–water partition coefficient (Wildman–Crippen LogP) is 3.95. The smallest absolute Gasteiger partial charge is 0.0934 e. The largest absolute Gasteiger partial charge is 0.311 e. The maximum atomic E-state index is 5.88. The molecule has 1 N–H and O–H groups in total. The summed E-state index contributed by atoms with van der Waals surface area (Å²) in [6, 6.07) is 2.56. The maximum Gasteiger partial charge on any atom is 0.0934 e. The molecule has 1 aromatic rings. The standard InChI is InChI=1S/C12H16ClNS/c13-12-8-10(9-15-12)5-6-11-4-2-1-3-7-14-11/h5-6,8-9,11,14H,1-4,7H2/b6-5+. The molecule has 1 nitrogen and oxygen atoms in total. The lowest BCUT2D eigenvalue weighted by Gasteiger charge is -2.09. The number of nitrogens with one attached hydrogen (secondary N) is 1. The van der Waals surface area contributed by atoms with Gasteiger partial charge in [-0.3, -0.25) is 0 Å². The van der Waals surface area contributed by atoms with E-state index in [1.54, 1.807) is 11.3 Å². The molecular formula is C12H16ClNS. The first-order valence-electron chi connectivity index (χ1n) is 5.50. The SMILES string of the molecule is Clc1cc(/C=C/C2CCCCCN2)cs1. The average Bonchev–Trinajstić information content (AvgIpc) is 2.52. The van der Waals surface area contributed by atoms with E-state index in [0.29, 0.717) is 6.04 Å². The van der Waals surface area contributed by atoms with Crippen LogP contribution in [0.4, 0.5) is 0 Å². The van der Waals surface area contributed by atoms with Gasteiger partial charge in [0.25, 0.3) is 0 Å². The molecule has 1 fully saturated rings. The van der Waals surface area contributed by atoms with Crippen LogP contribution < -0.4 is 5.32 Å². The molecule has 0 aliphatic carbocycles. The molecule has 0 bridgehead atoms. The number of halogens is 1. The van der Waals surface area contributed by atoms with Gasteiger partial charge in [-0.25, -0.2) is 0 Å². The van der Waals surface area contributed by atoms with Crippen LogP contribution in [0.2, 0.25) is 4.34 Å². The molecule has 0 aromatic carbocycles. The fourth-order valence-corrected chi connectivity index (χ4v) is 2.72. The average molecular weight is 242 g/mol. The first-order valence-corrected chi connectivity index (χ1v) is 6.76. The quantitative estimate of drug-likeness (QED) is 0.827. The molecule has 0 radical (unpaired) electrons. The second kappa shape index (κ2) is 5.69. The zero-order valence-corrected chi connectivity index (χ0v) is 10.3. The molecule has 15 heavy (non-hydrogen) atoms. The second-order valence-corrected chi connectivity index (χ2v) is 5.50. The van der Waals surface area contributed by atoms with Crippen LogP contribution >= 0.6 is 22.9 Å². The van der Waals surface area contributed by atoms with Gasteiger partial charge in [-0.2, -0.15) is 0 Å². The van der Waals surface area contributed by atoms with Gasteiger partial charge in [-0.05, 0) is 36.4 Å². The zero-order chi connectivity index (χ0) is 10.5. The molecule has 0 saturated carbocycles. The maximum absolute atomic E-state index is 5.88. The lowest BCUT2D eigenvalue weighted by atomic mass is 10.1. The highest BCUT2D eigenvalue weighted by atomic mass is 35.5. The van der Waals surface area contributed by atoms with Gasteiger partial charge in [0, 0.05) is 6.04 Å². The summed E-state index contributed by atoms with van der Waals surface area (Å²) in [5.74, 6) is 0. The van der Waals surface area contributed by atoms with Crippen molar-refractivity contribution in [3.8, 4) is 0 Å². The van der Waals surface area contributed by atoms with E-state index in [1.807, 2.05) is 6.07 Å². The van der Waals surface area contributed by atoms with Crippen molar-refractivity contribution in [1.29, 1.82) is 0 Å². The van der Waals surface area contributed by atoms with Crippen LogP contribution in [0.15, 0.2) is 17.5 Å². The van der Waals surface area contributed by atoms with E-state index in [2.05, 4.69) is 22.8 Å². The van der Waals surface area contributed by atoms with E-state index in [0.717, 1.165) is 10.9 Å². The molecule has 2 rings (SSSR count). The normalized spacial score (nSPS) is 23.1. The Morgan fingerprint density at radius 1 is 1.40 bits per heavy atom. The van der Waals surface area contributed by atoms with Crippen molar-refractivity contribution in [3.63, 3.8) is 0 Å². The molecule has 1 atom stereocenters. The van der Waals surface area contributed by atoms with E-state index in [9.17, 15) is 0 Å². The number of rotatable bonds is 2. The summed E-state index contributed by atoms with van der Waals surface area (Å²) in [6.45, 7) is 1.15. The van der Waals surface area contributed by atoms with E-state index < -0.39 is 0 Å². The van der Waals surface area contributed by atoms with Crippen molar-refractivity contribution in [2.24, 2.45) is 0 Å². The van der Waals surface area contributed by atoms with Crippen LogP contribution in [0.1, 0.15) is 31.2 Å². The van der Waals surface area contributed by atoms with Gasteiger partial charge < -0.3 is 5.32 Å². The summed E-state index contributed by atoms with van der Waals surface area (Å²) >= 11 is 7.47. The molecule has 1 saturated heterocycles. The summed E-state index contributed by atoms with van der Waals surface area (Å²) < 4.78 is 0.864. The summed E-state index contributed by atoms with van der Waals surface area (Å²) in [4.78, 5) is 0. The first-order chi connectivity index (χ1) is 7.34. The monoisotopic (exact) mass is 241 g/mol. The van der Waals surface area contributed by atoms with Crippen LogP contribution in [0, 0.1) is 0 Å². The Morgan fingerprint density at radius 2 is 2.33 bits per heavy atom. The topological polar surface area (TPSA) is 12.0 Å². The fraction of sp³-hybridized carbons (Fsp3) is 0.500. The molecule has 2 heterocycles. The molecule has 0 spiro atoms. The van der Waals surface area contributed by atoms with Crippen molar-refractivity contribution in [2.75, 3.05) is 6.54 Å². The number of hydrogen-bond acceptors (Lipinski definition) is 2. The van der Waals surface area contributed by atoms with Crippen LogP contribution in [0.3, 0.4) is 0 Å². The molecule has 1 aliphatic rings. The minimum atomic E-state index is 0.547. The third-order valence-electron chi connectivity index (χ3n) is 2.71. The Labute approximate surface area is 100 Å². The molecular weight excluding hydrogens is 226 g/mol. The van der Waals surface area contributed by atoms with Crippen molar-refractivity contribution in [2.45, 2.75) is 31.7 Å². The third kappa shape index (κ3) is 3.63. The van der Waals surface area contributed by atoms with E-state index >= 15 is 0 Å². The minimum absolute atomic E-state index is 0.547. The van der Waals surface area contributed by atoms with Crippen molar-refractivity contribution in [3.05, 3.63) is 27.4 Å². The Balaban J connectivity index is 1.92. The third-order valence-corrected chi connectivity index (χ3v) is 3.82. The number of hydrogen-bond donors (Lipinski definition) is 1. The van der Waals surface area contributed by atoms with Crippen LogP contribution in [-0.4, -0.2) is 12.6 Å². The van der Waals surface area contributed by atoms with Crippen molar-refractivity contribution >= 4 is 29.0 Å². The second-order valence-electron chi connectivity index (χ2n) is 3.95. The van der Waals surface area contributed by atoms with Gasteiger partial charge in [-0.1, -0.05) is 36.6 Å². The highest BCUT2D eigenvalue weighted by Gasteiger charge is 2.07. The Hall–Kier alpha value is -0.310. The van der Waals surface area contributed by atoms with Gasteiger partial charge in [0.1, 0.15) is 0 Å². The Kier molecular flexibility index (Phi) is 4.24. The summed E-state index contributed by atoms with van der Waals surface area (Å²) in [7, 11) is 0. The van der Waals surface area contributed by atoms with Gasteiger partial charge in [0.15, 0.2) is 0 Å². The van der Waals surface area contributed by atoms with Gasteiger partial charge in [-0.15, -0.1) is 11.3 Å². The molecule has 82 valence electrons. The van der Waals surface area contributed by atoms with Crippen LogP contribution in [-0.2, 0) is 0 Å². The lowest BCUT2D eigenvalue weighted by Crippen LogP contribution is -2.25. The van der Waals surface area contributed by atoms with Gasteiger partial charge >= 0.3 is 0 Å². The van der Waals surface area contributed by atoms with E-state index in [-0.39, 0.29) is 0 Å². The fourth-order valence-electron chi connectivity index (χ4n) is 1.86. The molecule has 3 heteroatoms. The summed E-state index contributed by atoms with van der Waals surface area (Å²) in [6.07, 6.45) is 9.71. The summed E-state index contributed by atoms with van der Waals surface area (Å²) in [5.41, 5.74) is 1.22. The van der Waals surface area contributed by atoms with Gasteiger partial charge in [0.05, 0.1) is 4.34 Å². The first kappa shape index (κ1) is 11.2. The molecule has 0 amide bonds. The summed E-state index contributed by atoms with van der Waals surface area (Å²) in [5, 5.41) is 5.64. The zero-order valence-electron chi connectivity index (χ0n) is 8.71. The minimum Gasteiger partial charge on any atom is -0.311 e. The molecule has 1 unspecified atom stereocenters. The van der Waals surface area contributed by atoms with E-state index in [4.69, 9.17) is 11.6 Å². The lowest BCUT2D eigenvalue weighted by molar-refractivity contribution is 0.599. The van der Waals surface area contributed by atoms with Crippen LogP contribution in [0.5, 0.6) is 0 Å². The number of thiophene rings is 1. The van der Waals surface area contributed by atoms with Crippen molar-refractivity contribution < 1.29 is 0 Å². The van der Waals surface area contributed by atoms with Crippen LogP contribution in [0.25, 0.3) is 6.08 Å².